The smallest absolute Gasteiger partial charge is 0.0255 e. The van der Waals surface area contributed by atoms with Crippen molar-refractivity contribution in [3.05, 3.63) is 35.9 Å². The average molecular weight is 343 g/mol. The maximum Gasteiger partial charge on any atom is 0.0255 e. The lowest BCUT2D eigenvalue weighted by atomic mass is 9.88. The second-order valence-electron chi connectivity index (χ2n) is 6.52. The first kappa shape index (κ1) is 19.8. The van der Waals surface area contributed by atoms with E-state index in [0.29, 0.717) is 11.8 Å². The van der Waals surface area contributed by atoms with Crippen molar-refractivity contribution in [1.82, 2.24) is 0 Å². The first-order valence-corrected chi connectivity index (χ1v) is 10.0. The Morgan fingerprint density at radius 1 is 0.818 bits per heavy atom. The van der Waals surface area contributed by atoms with E-state index in [1.807, 2.05) is 0 Å². The van der Waals surface area contributed by atoms with Gasteiger partial charge >= 0.3 is 0 Å². The fraction of sp³-hybridized carbons (Fsp3) is 0.700. The van der Waals surface area contributed by atoms with E-state index >= 15 is 0 Å². The van der Waals surface area contributed by atoms with Gasteiger partial charge in [0.2, 0.25) is 0 Å². The number of unbranched alkanes of at least 4 members (excludes halogenated alkanes) is 5. The van der Waals surface area contributed by atoms with Crippen molar-refractivity contribution in [2.24, 2.45) is 11.8 Å². The number of alkyl halides is 2. The fourth-order valence-corrected chi connectivity index (χ4v) is 3.61. The minimum Gasteiger partial charge on any atom is -0.126 e. The van der Waals surface area contributed by atoms with E-state index in [2.05, 4.69) is 37.3 Å². The highest BCUT2D eigenvalue weighted by atomic mass is 35.5. The van der Waals surface area contributed by atoms with Crippen molar-refractivity contribution in [1.29, 1.82) is 0 Å². The third-order valence-electron chi connectivity index (χ3n) is 4.44. The predicted molar refractivity (Wildman–Crippen MR) is 101 cm³/mol. The van der Waals surface area contributed by atoms with Gasteiger partial charge in [-0.15, -0.1) is 23.2 Å². The van der Waals surface area contributed by atoms with Crippen molar-refractivity contribution in [3.63, 3.8) is 0 Å². The van der Waals surface area contributed by atoms with Crippen LogP contribution in [0.3, 0.4) is 0 Å². The Bertz CT molecular complexity index is 350. The maximum absolute atomic E-state index is 6.19. The molecule has 0 bridgehead atoms. The van der Waals surface area contributed by atoms with Gasteiger partial charge in [0.25, 0.3) is 0 Å². The van der Waals surface area contributed by atoms with Crippen molar-refractivity contribution in [2.75, 3.05) is 11.8 Å². The fourth-order valence-electron chi connectivity index (χ4n) is 3.09. The zero-order chi connectivity index (χ0) is 16.0. The van der Waals surface area contributed by atoms with Crippen LogP contribution < -0.4 is 0 Å². The van der Waals surface area contributed by atoms with Crippen molar-refractivity contribution in [2.45, 2.75) is 64.7 Å². The van der Waals surface area contributed by atoms with E-state index < -0.39 is 0 Å². The zero-order valence-corrected chi connectivity index (χ0v) is 15.6. The molecule has 0 saturated heterocycles. The third-order valence-corrected chi connectivity index (χ3v) is 5.31. The van der Waals surface area contributed by atoms with Gasteiger partial charge in [0.1, 0.15) is 0 Å². The van der Waals surface area contributed by atoms with Crippen LogP contribution in [0.25, 0.3) is 0 Å². The highest BCUT2D eigenvalue weighted by molar-refractivity contribution is 6.18. The molecule has 2 unspecified atom stereocenters. The summed E-state index contributed by atoms with van der Waals surface area (Å²) in [6.07, 6.45) is 11.7. The molecule has 0 nitrogen and oxygen atoms in total. The second-order valence-corrected chi connectivity index (χ2v) is 7.14. The molecule has 0 saturated carbocycles. The lowest BCUT2D eigenvalue weighted by molar-refractivity contribution is 0.385. The largest absolute Gasteiger partial charge is 0.126 e. The molecule has 0 aliphatic rings. The van der Waals surface area contributed by atoms with Gasteiger partial charge in [0.05, 0.1) is 0 Å². The molecule has 0 heterocycles. The molecule has 0 aliphatic heterocycles. The van der Waals surface area contributed by atoms with Gasteiger partial charge in [0, 0.05) is 11.8 Å². The Morgan fingerprint density at radius 2 is 1.45 bits per heavy atom. The SMILES string of the molecule is CCCCCCCCC(CCl)CC(CCl)Cc1ccccc1. The molecule has 22 heavy (non-hydrogen) atoms. The highest BCUT2D eigenvalue weighted by Crippen LogP contribution is 2.24. The number of hydrogen-bond acceptors (Lipinski definition) is 0. The monoisotopic (exact) mass is 342 g/mol. The van der Waals surface area contributed by atoms with E-state index in [-0.39, 0.29) is 0 Å². The summed E-state index contributed by atoms with van der Waals surface area (Å²) in [6.45, 7) is 2.27. The van der Waals surface area contributed by atoms with Crippen LogP contribution in [0.2, 0.25) is 0 Å². The maximum atomic E-state index is 6.19. The number of hydrogen-bond donors (Lipinski definition) is 0. The van der Waals surface area contributed by atoms with Crippen LogP contribution in [0, 0.1) is 11.8 Å². The molecule has 0 fully saturated rings. The molecule has 0 aliphatic carbocycles. The summed E-state index contributed by atoms with van der Waals surface area (Å²) in [6, 6.07) is 10.7. The molecule has 0 N–H and O–H groups in total. The van der Waals surface area contributed by atoms with Crippen molar-refractivity contribution in [3.8, 4) is 0 Å². The quantitative estimate of drug-likeness (QED) is 0.265. The van der Waals surface area contributed by atoms with E-state index in [9.17, 15) is 0 Å². The molecule has 0 spiro atoms. The number of rotatable bonds is 13. The van der Waals surface area contributed by atoms with Crippen LogP contribution in [0.1, 0.15) is 63.9 Å². The topological polar surface area (TPSA) is 0 Å². The Morgan fingerprint density at radius 3 is 2.09 bits per heavy atom. The second kappa shape index (κ2) is 13.3. The summed E-state index contributed by atoms with van der Waals surface area (Å²) in [5.41, 5.74) is 1.39. The summed E-state index contributed by atoms with van der Waals surface area (Å²) in [5.74, 6) is 2.68. The first-order valence-electron chi connectivity index (χ1n) is 8.96. The van der Waals surface area contributed by atoms with Crippen molar-refractivity contribution < 1.29 is 0 Å². The summed E-state index contributed by atoms with van der Waals surface area (Å²) >= 11 is 12.4. The Balaban J connectivity index is 2.26. The molecular weight excluding hydrogens is 311 g/mol. The van der Waals surface area contributed by atoms with Crippen LogP contribution in [-0.4, -0.2) is 11.8 Å². The minimum atomic E-state index is 0.549. The lowest BCUT2D eigenvalue weighted by Gasteiger charge is -2.20. The van der Waals surface area contributed by atoms with Crippen molar-refractivity contribution >= 4 is 23.2 Å². The molecule has 1 aromatic carbocycles. The van der Waals surface area contributed by atoms with E-state index in [1.165, 1.54) is 50.5 Å². The molecule has 2 atom stereocenters. The molecule has 1 rings (SSSR count). The number of halogens is 2. The van der Waals surface area contributed by atoms with Gasteiger partial charge in [-0.3, -0.25) is 0 Å². The normalized spacial score (nSPS) is 14.0. The van der Waals surface area contributed by atoms with Crippen LogP contribution in [0.4, 0.5) is 0 Å². The van der Waals surface area contributed by atoms with E-state index in [0.717, 1.165) is 24.6 Å². The summed E-state index contributed by atoms with van der Waals surface area (Å²) in [7, 11) is 0. The zero-order valence-electron chi connectivity index (χ0n) is 14.1. The summed E-state index contributed by atoms with van der Waals surface area (Å²) < 4.78 is 0. The van der Waals surface area contributed by atoms with Gasteiger partial charge in [0.15, 0.2) is 0 Å². The Kier molecular flexibility index (Phi) is 12.0. The molecule has 1 aromatic rings. The summed E-state index contributed by atoms with van der Waals surface area (Å²) in [4.78, 5) is 0. The van der Waals surface area contributed by atoms with Gasteiger partial charge < -0.3 is 0 Å². The highest BCUT2D eigenvalue weighted by Gasteiger charge is 2.15. The van der Waals surface area contributed by atoms with Crippen LogP contribution in [-0.2, 0) is 6.42 Å². The average Bonchev–Trinajstić information content (AvgIpc) is 2.56. The van der Waals surface area contributed by atoms with Gasteiger partial charge in [-0.05, 0) is 36.7 Å². The molecule has 126 valence electrons. The molecule has 0 radical (unpaired) electrons. The summed E-state index contributed by atoms with van der Waals surface area (Å²) in [5, 5.41) is 0. The van der Waals surface area contributed by atoms with Crippen LogP contribution >= 0.6 is 23.2 Å². The third kappa shape index (κ3) is 9.06. The molecular formula is C20H32Cl2. The standard InChI is InChI=1S/C20H32Cl2/c1-2-3-4-5-6-8-13-19(16-21)15-20(17-22)14-18-11-9-7-10-12-18/h7,9-12,19-20H,2-6,8,13-17H2,1H3. The van der Waals surface area contributed by atoms with E-state index in [4.69, 9.17) is 23.2 Å². The molecule has 0 amide bonds. The van der Waals surface area contributed by atoms with Crippen LogP contribution in [0.15, 0.2) is 30.3 Å². The number of benzene rings is 1. The lowest BCUT2D eigenvalue weighted by Crippen LogP contribution is -2.14. The van der Waals surface area contributed by atoms with Crippen LogP contribution in [0.5, 0.6) is 0 Å². The molecule has 0 aromatic heterocycles. The minimum absolute atomic E-state index is 0.549. The first-order chi connectivity index (χ1) is 10.8. The van der Waals surface area contributed by atoms with Gasteiger partial charge in [-0.25, -0.2) is 0 Å². The van der Waals surface area contributed by atoms with Gasteiger partial charge in [-0.2, -0.15) is 0 Å². The Labute approximate surface area is 147 Å². The predicted octanol–water partition coefficient (Wildman–Crippen LogP) is 7.08. The Hall–Kier alpha value is -0.200. The van der Waals surface area contributed by atoms with Gasteiger partial charge in [-0.1, -0.05) is 75.8 Å². The molecule has 2 heteroatoms. The van der Waals surface area contributed by atoms with E-state index in [1.54, 1.807) is 0 Å².